The molecule has 2 heteroatoms. The van der Waals surface area contributed by atoms with E-state index >= 15 is 0 Å². The van der Waals surface area contributed by atoms with Gasteiger partial charge in [0.1, 0.15) is 0 Å². The van der Waals surface area contributed by atoms with E-state index in [0.29, 0.717) is 12.2 Å². The summed E-state index contributed by atoms with van der Waals surface area (Å²) in [7, 11) is 0. The average molecular weight is 263 g/mol. The second-order valence-electron chi connectivity index (χ2n) is 4.46. The maximum absolute atomic E-state index is 5.79. The molecule has 3 atom stereocenters. The van der Waals surface area contributed by atoms with Gasteiger partial charge in [-0.25, -0.2) is 0 Å². The molecule has 0 amide bonds. The Morgan fingerprint density at radius 3 is 2.71 bits per heavy atom. The molecule has 1 aliphatic heterocycles. The highest BCUT2D eigenvalue weighted by Gasteiger charge is 2.21. The highest BCUT2D eigenvalue weighted by molar-refractivity contribution is 9.09. The standard InChI is InChI=1S/C12H23BrO/c1-3-5-11(13)6-4-7-12-9-8-10(2)14-12/h10-12H,3-9H2,1-2H3. The van der Waals surface area contributed by atoms with E-state index in [4.69, 9.17) is 4.74 Å². The van der Waals surface area contributed by atoms with Crippen LogP contribution in [0.4, 0.5) is 0 Å². The molecule has 0 bridgehead atoms. The summed E-state index contributed by atoms with van der Waals surface area (Å²) in [4.78, 5) is 0.728. The molecule has 0 radical (unpaired) electrons. The molecule has 1 heterocycles. The first-order chi connectivity index (χ1) is 6.72. The van der Waals surface area contributed by atoms with Gasteiger partial charge in [0.15, 0.2) is 0 Å². The zero-order valence-corrected chi connectivity index (χ0v) is 11.1. The number of alkyl halides is 1. The van der Waals surface area contributed by atoms with Gasteiger partial charge in [0.05, 0.1) is 12.2 Å². The fourth-order valence-corrected chi connectivity index (χ4v) is 2.90. The van der Waals surface area contributed by atoms with Crippen molar-refractivity contribution in [1.82, 2.24) is 0 Å². The summed E-state index contributed by atoms with van der Waals surface area (Å²) in [6.07, 6.45) is 10.1. The Morgan fingerprint density at radius 1 is 1.36 bits per heavy atom. The number of hydrogen-bond donors (Lipinski definition) is 0. The number of hydrogen-bond acceptors (Lipinski definition) is 1. The zero-order valence-electron chi connectivity index (χ0n) is 9.47. The van der Waals surface area contributed by atoms with Crippen molar-refractivity contribution in [1.29, 1.82) is 0 Å². The summed E-state index contributed by atoms with van der Waals surface area (Å²) in [5.74, 6) is 0. The third-order valence-electron chi connectivity index (χ3n) is 2.97. The van der Waals surface area contributed by atoms with E-state index in [2.05, 4.69) is 29.8 Å². The van der Waals surface area contributed by atoms with E-state index in [1.165, 1.54) is 44.9 Å². The Morgan fingerprint density at radius 2 is 2.14 bits per heavy atom. The van der Waals surface area contributed by atoms with Gasteiger partial charge >= 0.3 is 0 Å². The second-order valence-corrected chi connectivity index (χ2v) is 5.76. The maximum Gasteiger partial charge on any atom is 0.0579 e. The molecule has 0 aliphatic carbocycles. The highest BCUT2D eigenvalue weighted by Crippen LogP contribution is 2.24. The SMILES string of the molecule is CCCC(Br)CCCC1CCC(C)O1. The van der Waals surface area contributed by atoms with Gasteiger partial charge in [-0.15, -0.1) is 0 Å². The van der Waals surface area contributed by atoms with Crippen molar-refractivity contribution in [2.24, 2.45) is 0 Å². The fourth-order valence-electron chi connectivity index (χ4n) is 2.12. The summed E-state index contributed by atoms with van der Waals surface area (Å²) in [5, 5.41) is 0. The lowest BCUT2D eigenvalue weighted by Crippen LogP contribution is -2.08. The number of ether oxygens (including phenoxy) is 1. The smallest absolute Gasteiger partial charge is 0.0579 e. The minimum absolute atomic E-state index is 0.510. The van der Waals surface area contributed by atoms with Gasteiger partial charge in [-0.3, -0.25) is 0 Å². The van der Waals surface area contributed by atoms with E-state index < -0.39 is 0 Å². The van der Waals surface area contributed by atoms with Crippen LogP contribution in [0.1, 0.15) is 58.8 Å². The van der Waals surface area contributed by atoms with Crippen LogP contribution >= 0.6 is 15.9 Å². The van der Waals surface area contributed by atoms with Crippen LogP contribution in [-0.4, -0.2) is 17.0 Å². The van der Waals surface area contributed by atoms with Gasteiger partial charge < -0.3 is 4.74 Å². The van der Waals surface area contributed by atoms with Crippen LogP contribution in [0.5, 0.6) is 0 Å². The highest BCUT2D eigenvalue weighted by atomic mass is 79.9. The average Bonchev–Trinajstić information content (AvgIpc) is 2.52. The molecule has 0 saturated carbocycles. The first-order valence-electron chi connectivity index (χ1n) is 6.02. The van der Waals surface area contributed by atoms with Crippen LogP contribution in [-0.2, 0) is 4.74 Å². The lowest BCUT2D eigenvalue weighted by atomic mass is 10.1. The van der Waals surface area contributed by atoms with Gasteiger partial charge in [0.25, 0.3) is 0 Å². The maximum atomic E-state index is 5.79. The third-order valence-corrected chi connectivity index (χ3v) is 3.88. The topological polar surface area (TPSA) is 9.23 Å². The van der Waals surface area contributed by atoms with Crippen LogP contribution in [0, 0.1) is 0 Å². The van der Waals surface area contributed by atoms with Crippen molar-refractivity contribution < 1.29 is 4.74 Å². The normalized spacial score (nSPS) is 29.4. The Kier molecular flexibility index (Phi) is 6.11. The molecule has 0 N–H and O–H groups in total. The molecule has 1 saturated heterocycles. The van der Waals surface area contributed by atoms with Gasteiger partial charge in [0, 0.05) is 4.83 Å². The van der Waals surface area contributed by atoms with Crippen molar-refractivity contribution in [3.05, 3.63) is 0 Å². The summed E-state index contributed by atoms with van der Waals surface area (Å²) in [5.41, 5.74) is 0. The quantitative estimate of drug-likeness (QED) is 0.649. The molecule has 14 heavy (non-hydrogen) atoms. The van der Waals surface area contributed by atoms with Crippen LogP contribution in [0.2, 0.25) is 0 Å². The van der Waals surface area contributed by atoms with Crippen molar-refractivity contribution in [3.8, 4) is 0 Å². The molecule has 84 valence electrons. The predicted octanol–water partition coefficient (Wildman–Crippen LogP) is 4.29. The third kappa shape index (κ3) is 4.79. The minimum atomic E-state index is 0.510. The Hall–Kier alpha value is 0.440. The summed E-state index contributed by atoms with van der Waals surface area (Å²) in [6.45, 7) is 4.43. The molecule has 1 rings (SSSR count). The largest absolute Gasteiger partial charge is 0.375 e. The van der Waals surface area contributed by atoms with Gasteiger partial charge in [-0.05, 0) is 45.4 Å². The van der Waals surface area contributed by atoms with Crippen molar-refractivity contribution in [3.63, 3.8) is 0 Å². The predicted molar refractivity (Wildman–Crippen MR) is 65.0 cm³/mol. The lowest BCUT2D eigenvalue weighted by molar-refractivity contribution is 0.0495. The van der Waals surface area contributed by atoms with E-state index in [1.807, 2.05) is 0 Å². The first kappa shape index (κ1) is 12.5. The van der Waals surface area contributed by atoms with Gasteiger partial charge in [-0.2, -0.15) is 0 Å². The molecule has 1 fully saturated rings. The molecule has 1 nitrogen and oxygen atoms in total. The molecule has 0 aromatic heterocycles. The number of rotatable bonds is 6. The second kappa shape index (κ2) is 6.84. The van der Waals surface area contributed by atoms with Crippen LogP contribution in [0.3, 0.4) is 0 Å². The summed E-state index contributed by atoms with van der Waals surface area (Å²) < 4.78 is 5.79. The Balaban J connectivity index is 1.98. The fraction of sp³-hybridized carbons (Fsp3) is 1.00. The molecule has 1 aliphatic rings. The molecule has 0 spiro atoms. The first-order valence-corrected chi connectivity index (χ1v) is 6.93. The monoisotopic (exact) mass is 262 g/mol. The van der Waals surface area contributed by atoms with Crippen molar-refractivity contribution in [2.75, 3.05) is 0 Å². The lowest BCUT2D eigenvalue weighted by Gasteiger charge is -2.12. The van der Waals surface area contributed by atoms with Crippen LogP contribution < -0.4 is 0 Å². The van der Waals surface area contributed by atoms with E-state index in [-0.39, 0.29) is 0 Å². The van der Waals surface area contributed by atoms with E-state index in [1.54, 1.807) is 0 Å². The minimum Gasteiger partial charge on any atom is -0.375 e. The summed E-state index contributed by atoms with van der Waals surface area (Å²) in [6, 6.07) is 0. The number of halogens is 1. The van der Waals surface area contributed by atoms with Gasteiger partial charge in [-0.1, -0.05) is 29.3 Å². The molecular weight excluding hydrogens is 240 g/mol. The van der Waals surface area contributed by atoms with Gasteiger partial charge in [0.2, 0.25) is 0 Å². The zero-order chi connectivity index (χ0) is 10.4. The summed E-state index contributed by atoms with van der Waals surface area (Å²) >= 11 is 3.72. The van der Waals surface area contributed by atoms with E-state index in [9.17, 15) is 0 Å². The van der Waals surface area contributed by atoms with Crippen LogP contribution in [0.25, 0.3) is 0 Å². The van der Waals surface area contributed by atoms with Crippen molar-refractivity contribution >= 4 is 15.9 Å². The molecule has 3 unspecified atom stereocenters. The van der Waals surface area contributed by atoms with E-state index in [0.717, 1.165) is 4.83 Å². The molecule has 0 aromatic rings. The van der Waals surface area contributed by atoms with Crippen molar-refractivity contribution in [2.45, 2.75) is 75.8 Å². The Labute approximate surface area is 96.7 Å². The Bertz CT molecular complexity index is 149. The molecule has 0 aromatic carbocycles. The molecular formula is C12H23BrO. The van der Waals surface area contributed by atoms with Crippen LogP contribution in [0.15, 0.2) is 0 Å².